The maximum Gasteiger partial charge on any atom is 0.291 e. The molecule has 74 valence electrons. The van der Waals surface area contributed by atoms with Crippen molar-refractivity contribution in [1.29, 1.82) is 0 Å². The van der Waals surface area contributed by atoms with Gasteiger partial charge in [-0.05, 0) is 4.74 Å². The van der Waals surface area contributed by atoms with E-state index >= 15 is 0 Å². The molecule has 1 aliphatic rings. The fraction of sp³-hybridized carbons (Fsp3) is 0.778. The van der Waals surface area contributed by atoms with Crippen molar-refractivity contribution >= 4 is 11.4 Å². The zero-order chi connectivity index (χ0) is 10.4. The Kier molecular flexibility index (Phi) is 2.10. The molecule has 0 radical (unpaired) electrons. The fourth-order valence-corrected chi connectivity index (χ4v) is 1.50. The van der Waals surface area contributed by atoms with Crippen molar-refractivity contribution in [2.45, 2.75) is 46.2 Å². The van der Waals surface area contributed by atoms with E-state index in [-0.39, 0.29) is 6.04 Å². The van der Waals surface area contributed by atoms with Gasteiger partial charge < -0.3 is 5.21 Å². The molecule has 1 atom stereocenters. The Balaban J connectivity index is 3.32. The Morgan fingerprint density at radius 3 is 2.23 bits per heavy atom. The minimum Gasteiger partial charge on any atom is -0.623 e. The van der Waals surface area contributed by atoms with Crippen molar-refractivity contribution in [3.8, 4) is 0 Å². The highest BCUT2D eigenvalue weighted by molar-refractivity contribution is 6.36. The summed E-state index contributed by atoms with van der Waals surface area (Å²) in [6.45, 7) is 8.94. The molecule has 0 amide bonds. The molecule has 0 fully saturated rings. The predicted octanol–water partition coefficient (Wildman–Crippen LogP) is 1.00. The summed E-state index contributed by atoms with van der Waals surface area (Å²) >= 11 is 0. The molecule has 13 heavy (non-hydrogen) atoms. The fourth-order valence-electron chi connectivity index (χ4n) is 1.50. The topological polar surface area (TPSA) is 49.3 Å². The number of hydroxylamine groups is 2. The molecule has 0 saturated carbocycles. The summed E-state index contributed by atoms with van der Waals surface area (Å²) in [4.78, 5) is 0. The summed E-state index contributed by atoms with van der Waals surface area (Å²) < 4.78 is 2.14. The quantitative estimate of drug-likeness (QED) is 0.348. The van der Waals surface area contributed by atoms with E-state index in [9.17, 15) is 10.4 Å². The molecular weight excluding hydrogens is 168 g/mol. The molecule has 4 nitrogen and oxygen atoms in total. The van der Waals surface area contributed by atoms with Gasteiger partial charge in [-0.25, -0.2) is 0 Å². The van der Waals surface area contributed by atoms with Gasteiger partial charge in [-0.2, -0.15) is 4.74 Å². The van der Waals surface area contributed by atoms with Gasteiger partial charge in [0.1, 0.15) is 0 Å². The van der Waals surface area contributed by atoms with Crippen molar-refractivity contribution in [3.63, 3.8) is 0 Å². The van der Waals surface area contributed by atoms with Gasteiger partial charge in [-0.15, -0.1) is 0 Å². The summed E-state index contributed by atoms with van der Waals surface area (Å²) in [7, 11) is 0. The first kappa shape index (κ1) is 10.0. The van der Waals surface area contributed by atoms with Crippen LogP contribution in [0.5, 0.6) is 0 Å². The highest BCUT2D eigenvalue weighted by atomic mass is 16.5. The Morgan fingerprint density at radius 2 is 1.77 bits per heavy atom. The summed E-state index contributed by atoms with van der Waals surface area (Å²) in [5.74, 6) is 0. The molecule has 0 aliphatic carbocycles. The monoisotopic (exact) mass is 185 g/mol. The van der Waals surface area contributed by atoms with Crippen LogP contribution in [0, 0.1) is 5.21 Å². The molecular formula is C9H17N2O2+. The Labute approximate surface area is 78.4 Å². The number of rotatable bonds is 0. The van der Waals surface area contributed by atoms with E-state index in [1.165, 1.54) is 4.74 Å². The minimum atomic E-state index is -0.585. The lowest BCUT2D eigenvalue weighted by molar-refractivity contribution is -0.827. The van der Waals surface area contributed by atoms with E-state index in [2.05, 4.69) is 0 Å². The smallest absolute Gasteiger partial charge is 0.291 e. The van der Waals surface area contributed by atoms with Crippen LogP contribution in [0.15, 0.2) is 0 Å². The minimum absolute atomic E-state index is 0.200. The van der Waals surface area contributed by atoms with Crippen molar-refractivity contribution in [1.82, 2.24) is 0 Å². The molecule has 1 rings (SSSR count). The van der Waals surface area contributed by atoms with E-state index in [0.29, 0.717) is 11.4 Å². The second kappa shape index (κ2) is 2.72. The van der Waals surface area contributed by atoms with Crippen LogP contribution >= 0.6 is 0 Å². The maximum absolute atomic E-state index is 11.7. The Hall–Kier alpha value is -1.06. The SMILES string of the molecule is CC1=[N+](O)[C@@H](C)C(C)(C)[N+]([O-])=C1C. The summed E-state index contributed by atoms with van der Waals surface area (Å²) in [5.41, 5.74) is 0.616. The Bertz CT molecular complexity index is 303. The van der Waals surface area contributed by atoms with E-state index in [0.717, 1.165) is 4.74 Å². The lowest BCUT2D eigenvalue weighted by Crippen LogP contribution is -2.56. The second-order valence-electron chi connectivity index (χ2n) is 4.14. The molecule has 0 aromatic rings. The first-order valence-corrected chi connectivity index (χ1v) is 4.43. The van der Waals surface area contributed by atoms with Gasteiger partial charge in [0.25, 0.3) is 17.5 Å². The van der Waals surface area contributed by atoms with Crippen molar-refractivity contribution in [2.24, 2.45) is 0 Å². The van der Waals surface area contributed by atoms with Crippen LogP contribution in [-0.2, 0) is 0 Å². The molecule has 0 aromatic carbocycles. The number of nitrogens with zero attached hydrogens (tertiary/aromatic N) is 2. The third-order valence-electron chi connectivity index (χ3n) is 3.08. The van der Waals surface area contributed by atoms with E-state index < -0.39 is 5.54 Å². The van der Waals surface area contributed by atoms with Crippen molar-refractivity contribution < 1.29 is 14.7 Å². The first-order chi connectivity index (χ1) is 5.80. The molecule has 0 aromatic heterocycles. The highest BCUT2D eigenvalue weighted by Gasteiger charge is 2.49. The Morgan fingerprint density at radius 1 is 1.31 bits per heavy atom. The van der Waals surface area contributed by atoms with Crippen LogP contribution in [0.1, 0.15) is 34.6 Å². The van der Waals surface area contributed by atoms with Gasteiger partial charge in [0, 0.05) is 34.6 Å². The number of hydrogen-bond donors (Lipinski definition) is 1. The molecule has 1 heterocycles. The standard InChI is InChI=1S/C9H17N2O2/c1-6-7(2)11(13)9(4,5)8(3)10(6)12/h8,12H,1-5H3/q+1/t8-/m0/s1. The third-order valence-corrected chi connectivity index (χ3v) is 3.08. The lowest BCUT2D eigenvalue weighted by atomic mass is 9.94. The van der Waals surface area contributed by atoms with Crippen LogP contribution in [-0.4, -0.2) is 37.7 Å². The van der Waals surface area contributed by atoms with Crippen LogP contribution in [0.25, 0.3) is 0 Å². The molecule has 0 unspecified atom stereocenters. The summed E-state index contributed by atoms with van der Waals surface area (Å²) in [5, 5.41) is 21.4. The average Bonchev–Trinajstić information content (AvgIpc) is 2.09. The van der Waals surface area contributed by atoms with Gasteiger partial charge in [0.05, 0.1) is 0 Å². The molecule has 0 spiro atoms. The van der Waals surface area contributed by atoms with Crippen molar-refractivity contribution in [3.05, 3.63) is 5.21 Å². The van der Waals surface area contributed by atoms with Gasteiger partial charge in [0.2, 0.25) is 5.54 Å². The normalized spacial score (nSPS) is 28.2. The average molecular weight is 185 g/mol. The summed E-state index contributed by atoms with van der Waals surface area (Å²) in [6.07, 6.45) is 0. The summed E-state index contributed by atoms with van der Waals surface area (Å²) in [6, 6.07) is -0.200. The number of hydrogen-bond acceptors (Lipinski definition) is 2. The van der Waals surface area contributed by atoms with Crippen LogP contribution in [0.2, 0.25) is 0 Å². The van der Waals surface area contributed by atoms with Crippen molar-refractivity contribution in [2.75, 3.05) is 0 Å². The lowest BCUT2D eigenvalue weighted by Gasteiger charge is -2.29. The molecule has 0 bridgehead atoms. The molecule has 1 N–H and O–H groups in total. The predicted molar refractivity (Wildman–Crippen MR) is 50.6 cm³/mol. The van der Waals surface area contributed by atoms with Gasteiger partial charge >= 0.3 is 0 Å². The zero-order valence-corrected chi connectivity index (χ0v) is 8.83. The van der Waals surface area contributed by atoms with E-state index in [1.807, 2.05) is 20.8 Å². The third kappa shape index (κ3) is 1.20. The van der Waals surface area contributed by atoms with Gasteiger partial charge in [-0.1, -0.05) is 0 Å². The van der Waals surface area contributed by atoms with E-state index in [1.54, 1.807) is 13.8 Å². The van der Waals surface area contributed by atoms with Crippen LogP contribution in [0.4, 0.5) is 0 Å². The van der Waals surface area contributed by atoms with Gasteiger partial charge in [0.15, 0.2) is 0 Å². The van der Waals surface area contributed by atoms with E-state index in [4.69, 9.17) is 0 Å². The molecule has 4 heteroatoms. The largest absolute Gasteiger partial charge is 0.623 e. The molecule has 0 saturated heterocycles. The highest BCUT2D eigenvalue weighted by Crippen LogP contribution is 2.20. The molecule has 1 aliphatic heterocycles. The van der Waals surface area contributed by atoms with Crippen LogP contribution in [0.3, 0.4) is 0 Å². The maximum atomic E-state index is 11.7. The van der Waals surface area contributed by atoms with Crippen LogP contribution < -0.4 is 0 Å². The first-order valence-electron chi connectivity index (χ1n) is 4.43. The second-order valence-corrected chi connectivity index (χ2v) is 4.14. The van der Waals surface area contributed by atoms with Gasteiger partial charge in [-0.3, -0.25) is 5.21 Å². The zero-order valence-electron chi connectivity index (χ0n) is 8.83.